The van der Waals surface area contributed by atoms with Crippen LogP contribution >= 0.6 is 11.9 Å². The van der Waals surface area contributed by atoms with E-state index in [0.717, 1.165) is 16.8 Å². The van der Waals surface area contributed by atoms with Gasteiger partial charge in [0.15, 0.2) is 0 Å². The monoisotopic (exact) mass is 137 g/mol. The van der Waals surface area contributed by atoms with Gasteiger partial charge in [0.25, 0.3) is 0 Å². The summed E-state index contributed by atoms with van der Waals surface area (Å²) in [6.45, 7) is 0. The van der Waals surface area contributed by atoms with Gasteiger partial charge in [-0.2, -0.15) is 0 Å². The van der Waals surface area contributed by atoms with E-state index < -0.39 is 0 Å². The first-order chi connectivity index (χ1) is 4.43. The highest BCUT2D eigenvalue weighted by Crippen LogP contribution is 2.16. The topological polar surface area (TPSA) is 28.1 Å². The lowest BCUT2D eigenvalue weighted by Crippen LogP contribution is -1.61. The van der Waals surface area contributed by atoms with Crippen LogP contribution in [0.25, 0.3) is 4.38 Å². The molecule has 1 aromatic rings. The third-order valence-electron chi connectivity index (χ3n) is 0.889. The van der Waals surface area contributed by atoms with E-state index in [0.29, 0.717) is 0 Å². The zero-order valence-corrected chi connectivity index (χ0v) is 5.51. The molecule has 3 heteroatoms. The van der Waals surface area contributed by atoms with E-state index in [1.54, 1.807) is 0 Å². The van der Waals surface area contributed by atoms with Crippen molar-refractivity contribution in [2.75, 3.05) is 0 Å². The number of benzene rings is 1. The van der Waals surface area contributed by atoms with Crippen molar-refractivity contribution >= 4 is 11.9 Å². The van der Waals surface area contributed by atoms with Crippen LogP contribution < -0.4 is 0 Å². The molecular weight excluding hydrogens is 132 g/mol. The van der Waals surface area contributed by atoms with Gasteiger partial charge in [0.05, 0.1) is 0 Å². The van der Waals surface area contributed by atoms with Crippen LogP contribution in [0.15, 0.2) is 35.2 Å². The molecule has 0 spiro atoms. The summed E-state index contributed by atoms with van der Waals surface area (Å²) in [5, 5.41) is 8.11. The zero-order valence-electron chi connectivity index (χ0n) is 4.69. The van der Waals surface area contributed by atoms with Gasteiger partial charge in [-0.25, -0.2) is 0 Å². The maximum atomic E-state index is 8.11. The second-order valence-corrected chi connectivity index (χ2v) is 2.30. The Bertz CT molecular complexity index is 214. The van der Waals surface area contributed by atoms with E-state index in [4.69, 9.17) is 5.39 Å². The van der Waals surface area contributed by atoms with Gasteiger partial charge in [0.2, 0.25) is 9.77 Å². The van der Waals surface area contributed by atoms with Gasteiger partial charge in [-0.1, -0.05) is 18.2 Å². The zero-order chi connectivity index (χ0) is 6.53. The summed E-state index contributed by atoms with van der Waals surface area (Å²) in [5.74, 6) is 0. The molecule has 0 aliphatic carbocycles. The Hall–Kier alpha value is -1.01. The summed E-state index contributed by atoms with van der Waals surface area (Å²) in [6, 6.07) is 9.47. The molecule has 9 heavy (non-hydrogen) atoms. The molecule has 0 radical (unpaired) electrons. The Balaban J connectivity index is 2.76. The molecule has 0 atom stereocenters. The Kier molecular flexibility index (Phi) is 2.11. The minimum Gasteiger partial charge on any atom is -0.0622 e. The van der Waals surface area contributed by atoms with Crippen molar-refractivity contribution in [3.63, 3.8) is 0 Å². The quantitative estimate of drug-likeness (QED) is 0.439. The molecule has 0 aliphatic heterocycles. The molecule has 44 valence electrons. The molecule has 0 N–H and O–H groups in total. The van der Waals surface area contributed by atoms with Crippen molar-refractivity contribution in [1.29, 1.82) is 5.39 Å². The van der Waals surface area contributed by atoms with Crippen LogP contribution in [0, 0.1) is 5.39 Å². The summed E-state index contributed by atoms with van der Waals surface area (Å²) in [5.41, 5.74) is 0. The van der Waals surface area contributed by atoms with E-state index in [2.05, 4.69) is 4.38 Å². The second kappa shape index (κ2) is 3.10. The van der Waals surface area contributed by atoms with E-state index in [9.17, 15) is 0 Å². The van der Waals surface area contributed by atoms with E-state index in [-0.39, 0.29) is 0 Å². The summed E-state index contributed by atoms with van der Waals surface area (Å²) in [6.07, 6.45) is 0. The van der Waals surface area contributed by atoms with Crippen LogP contribution in [0.1, 0.15) is 0 Å². The average molecular weight is 137 g/mol. The third kappa shape index (κ3) is 1.74. The Morgan fingerprint density at radius 1 is 1.22 bits per heavy atom. The maximum absolute atomic E-state index is 8.11. The van der Waals surface area contributed by atoms with Gasteiger partial charge >= 0.3 is 11.9 Å². The highest BCUT2D eigenvalue weighted by atomic mass is 32.2. The van der Waals surface area contributed by atoms with E-state index in [1.165, 1.54) is 0 Å². The summed E-state index contributed by atoms with van der Waals surface area (Å²) >= 11 is 1.06. The number of hydrogen-bond acceptors (Lipinski definition) is 2. The number of hydrogen-bond donors (Lipinski definition) is 0. The van der Waals surface area contributed by atoms with Crippen LogP contribution in [0.4, 0.5) is 0 Å². The van der Waals surface area contributed by atoms with Crippen LogP contribution in [0.2, 0.25) is 0 Å². The minimum atomic E-state index is 0.944. The molecule has 0 aromatic heterocycles. The van der Waals surface area contributed by atoms with Gasteiger partial charge in [0, 0.05) is 0 Å². The Labute approximate surface area is 57.7 Å². The van der Waals surface area contributed by atoms with Gasteiger partial charge in [-0.05, 0) is 12.1 Å². The second-order valence-electron chi connectivity index (χ2n) is 1.49. The fourth-order valence-electron chi connectivity index (χ4n) is 0.528. The lowest BCUT2D eigenvalue weighted by atomic mass is 10.4. The Morgan fingerprint density at radius 3 is 2.44 bits per heavy atom. The largest absolute Gasteiger partial charge is 0.396 e. The fraction of sp³-hybridized carbons (Fsp3) is 0. The maximum Gasteiger partial charge on any atom is 0.396 e. The van der Waals surface area contributed by atoms with Crippen molar-refractivity contribution in [3.05, 3.63) is 34.7 Å². The normalized spacial score (nSPS) is 8.33. The van der Waals surface area contributed by atoms with Crippen molar-refractivity contribution in [2.24, 2.45) is 0 Å². The smallest absolute Gasteiger partial charge is 0.0622 e. The summed E-state index contributed by atoms with van der Waals surface area (Å²) < 4.78 is 2.92. The number of nitrogens with zero attached hydrogens (tertiary/aromatic N) is 2. The molecule has 0 saturated heterocycles. The van der Waals surface area contributed by atoms with E-state index >= 15 is 0 Å². The standard InChI is InChI=1S/C6H5N2S/c7-8-9-6-4-2-1-3-5-6/h1-5H/q+1. The summed E-state index contributed by atoms with van der Waals surface area (Å²) in [7, 11) is 0. The lowest BCUT2D eigenvalue weighted by molar-refractivity contribution is 1.46. The number of rotatable bonds is 1. The molecule has 0 fully saturated rings. The fourth-order valence-corrected chi connectivity index (χ4v) is 0.902. The predicted octanol–water partition coefficient (Wildman–Crippen LogP) is 2.55. The van der Waals surface area contributed by atoms with Crippen LogP contribution in [0.5, 0.6) is 0 Å². The first kappa shape index (κ1) is 6.12. The molecule has 2 nitrogen and oxygen atoms in total. The van der Waals surface area contributed by atoms with E-state index in [1.807, 2.05) is 30.3 Å². The van der Waals surface area contributed by atoms with Gasteiger partial charge in [-0.15, -0.1) is 0 Å². The van der Waals surface area contributed by atoms with Gasteiger partial charge in [0.1, 0.15) is 4.90 Å². The van der Waals surface area contributed by atoms with Gasteiger partial charge < -0.3 is 0 Å². The predicted molar refractivity (Wildman–Crippen MR) is 37.4 cm³/mol. The van der Waals surface area contributed by atoms with Crippen molar-refractivity contribution in [3.8, 4) is 0 Å². The summed E-state index contributed by atoms with van der Waals surface area (Å²) in [4.78, 5) is 0.944. The highest BCUT2D eigenvalue weighted by molar-refractivity contribution is 8.01. The lowest BCUT2D eigenvalue weighted by Gasteiger charge is -1.78. The third-order valence-corrected chi connectivity index (χ3v) is 1.45. The molecule has 0 bridgehead atoms. The molecule has 0 aliphatic rings. The van der Waals surface area contributed by atoms with Crippen molar-refractivity contribution in [1.82, 2.24) is 0 Å². The molecule has 1 aromatic carbocycles. The molecule has 0 unspecified atom stereocenters. The van der Waals surface area contributed by atoms with Crippen LogP contribution in [-0.2, 0) is 0 Å². The number of diazo groups is 1. The molecule has 0 heterocycles. The Morgan fingerprint density at radius 2 is 1.89 bits per heavy atom. The van der Waals surface area contributed by atoms with Gasteiger partial charge in [-0.3, -0.25) is 0 Å². The SMILES string of the molecule is N#[N+]Sc1ccccc1. The molecule has 0 saturated carbocycles. The minimum absolute atomic E-state index is 0.944. The highest BCUT2D eigenvalue weighted by Gasteiger charge is 2.00. The first-order valence-electron chi connectivity index (χ1n) is 2.50. The molecule has 1 rings (SSSR count). The molecular formula is C6H5N2S+. The van der Waals surface area contributed by atoms with Crippen molar-refractivity contribution in [2.45, 2.75) is 4.90 Å². The van der Waals surface area contributed by atoms with Crippen LogP contribution in [0.3, 0.4) is 0 Å². The molecule has 0 amide bonds. The first-order valence-corrected chi connectivity index (χ1v) is 3.27. The van der Waals surface area contributed by atoms with Crippen LogP contribution in [-0.4, -0.2) is 0 Å². The van der Waals surface area contributed by atoms with Crippen molar-refractivity contribution < 1.29 is 0 Å². The average Bonchev–Trinajstić information content (AvgIpc) is 1.91.